The molecule has 0 unspecified atom stereocenters. The third kappa shape index (κ3) is 3.53. The molecular weight excluding hydrogens is 222 g/mol. The largest absolute Gasteiger partial charge is 0.330 e. The molecule has 0 amide bonds. The topological polar surface area (TPSA) is 42.2 Å². The van der Waals surface area contributed by atoms with E-state index in [1.165, 1.54) is 37.7 Å². The maximum Gasteiger partial charge on any atom is 0.0312 e. The van der Waals surface area contributed by atoms with Crippen molar-refractivity contribution in [2.75, 3.05) is 20.1 Å². The standard InChI is InChI=1S/C15H25N3/c1-18(11-14-6-5-9-17-10-14)13-15(12-16)7-3-2-4-8-15/h5-6,9-10H,2-4,7-8,11-13,16H2,1H3. The van der Waals surface area contributed by atoms with Crippen LogP contribution in [-0.4, -0.2) is 30.0 Å². The smallest absolute Gasteiger partial charge is 0.0312 e. The number of nitrogens with two attached hydrogens (primary N) is 1. The molecule has 0 saturated heterocycles. The quantitative estimate of drug-likeness (QED) is 0.869. The summed E-state index contributed by atoms with van der Waals surface area (Å²) in [5, 5.41) is 0. The van der Waals surface area contributed by atoms with Crippen molar-refractivity contribution in [3.8, 4) is 0 Å². The van der Waals surface area contributed by atoms with Gasteiger partial charge in [-0.1, -0.05) is 25.3 Å². The van der Waals surface area contributed by atoms with Gasteiger partial charge < -0.3 is 10.6 Å². The average molecular weight is 247 g/mol. The van der Waals surface area contributed by atoms with Gasteiger partial charge in [-0.05, 0) is 43.5 Å². The Bertz CT molecular complexity index is 344. The Hall–Kier alpha value is -0.930. The van der Waals surface area contributed by atoms with Gasteiger partial charge in [0, 0.05) is 25.5 Å². The minimum Gasteiger partial charge on any atom is -0.330 e. The van der Waals surface area contributed by atoms with Gasteiger partial charge in [0.05, 0.1) is 0 Å². The lowest BCUT2D eigenvalue weighted by Crippen LogP contribution is -2.42. The Morgan fingerprint density at radius 3 is 2.72 bits per heavy atom. The number of rotatable bonds is 5. The van der Waals surface area contributed by atoms with Gasteiger partial charge in [0.2, 0.25) is 0 Å². The monoisotopic (exact) mass is 247 g/mol. The fraction of sp³-hybridized carbons (Fsp3) is 0.667. The summed E-state index contributed by atoms with van der Waals surface area (Å²) in [6.45, 7) is 2.90. The number of hydrogen-bond acceptors (Lipinski definition) is 3. The number of hydrogen-bond donors (Lipinski definition) is 1. The highest BCUT2D eigenvalue weighted by Gasteiger charge is 2.31. The molecule has 0 aliphatic heterocycles. The van der Waals surface area contributed by atoms with E-state index in [9.17, 15) is 0 Å². The van der Waals surface area contributed by atoms with Crippen molar-refractivity contribution in [3.63, 3.8) is 0 Å². The Balaban J connectivity index is 1.91. The molecule has 1 aromatic rings. The first-order valence-electron chi connectivity index (χ1n) is 7.02. The van der Waals surface area contributed by atoms with Crippen LogP contribution in [0.2, 0.25) is 0 Å². The van der Waals surface area contributed by atoms with Crippen molar-refractivity contribution < 1.29 is 0 Å². The van der Waals surface area contributed by atoms with E-state index in [4.69, 9.17) is 5.73 Å². The van der Waals surface area contributed by atoms with Gasteiger partial charge in [0.25, 0.3) is 0 Å². The lowest BCUT2D eigenvalue weighted by Gasteiger charge is -2.39. The molecule has 0 radical (unpaired) electrons. The van der Waals surface area contributed by atoms with E-state index < -0.39 is 0 Å². The maximum atomic E-state index is 6.04. The highest BCUT2D eigenvalue weighted by atomic mass is 15.1. The van der Waals surface area contributed by atoms with Gasteiger partial charge in [-0.15, -0.1) is 0 Å². The van der Waals surface area contributed by atoms with E-state index in [1.807, 2.05) is 18.5 Å². The zero-order chi connectivity index (χ0) is 12.8. The van der Waals surface area contributed by atoms with Gasteiger partial charge in [-0.25, -0.2) is 0 Å². The first-order valence-corrected chi connectivity index (χ1v) is 7.02. The molecule has 1 aliphatic carbocycles. The molecule has 2 N–H and O–H groups in total. The molecule has 1 heterocycles. The summed E-state index contributed by atoms with van der Waals surface area (Å²) < 4.78 is 0. The van der Waals surface area contributed by atoms with Crippen LogP contribution < -0.4 is 5.73 Å². The van der Waals surface area contributed by atoms with Crippen molar-refractivity contribution >= 4 is 0 Å². The third-order valence-electron chi connectivity index (χ3n) is 4.13. The molecular formula is C15H25N3. The highest BCUT2D eigenvalue weighted by molar-refractivity contribution is 5.08. The summed E-state index contributed by atoms with van der Waals surface area (Å²) in [5.74, 6) is 0. The number of pyridine rings is 1. The molecule has 0 bridgehead atoms. The first-order chi connectivity index (χ1) is 8.74. The summed E-state index contributed by atoms with van der Waals surface area (Å²) in [6.07, 6.45) is 10.4. The van der Waals surface area contributed by atoms with Gasteiger partial charge in [0.1, 0.15) is 0 Å². The molecule has 0 spiro atoms. The van der Waals surface area contributed by atoms with E-state index in [0.717, 1.165) is 19.6 Å². The maximum absolute atomic E-state index is 6.04. The van der Waals surface area contributed by atoms with Crippen LogP contribution in [0, 0.1) is 5.41 Å². The van der Waals surface area contributed by atoms with Gasteiger partial charge in [-0.2, -0.15) is 0 Å². The van der Waals surface area contributed by atoms with Gasteiger partial charge >= 0.3 is 0 Å². The third-order valence-corrected chi connectivity index (χ3v) is 4.13. The summed E-state index contributed by atoms with van der Waals surface area (Å²) in [6, 6.07) is 4.14. The minimum atomic E-state index is 0.356. The molecule has 2 rings (SSSR count). The van der Waals surface area contributed by atoms with Crippen molar-refractivity contribution in [3.05, 3.63) is 30.1 Å². The van der Waals surface area contributed by atoms with Crippen LogP contribution in [0.25, 0.3) is 0 Å². The molecule has 1 fully saturated rings. The molecule has 1 saturated carbocycles. The average Bonchev–Trinajstić information content (AvgIpc) is 2.41. The van der Waals surface area contributed by atoms with Crippen LogP contribution in [-0.2, 0) is 6.54 Å². The summed E-state index contributed by atoms with van der Waals surface area (Å²) in [5.41, 5.74) is 7.68. The predicted molar refractivity (Wildman–Crippen MR) is 75.1 cm³/mol. The molecule has 100 valence electrons. The molecule has 3 heteroatoms. The Kier molecular flexibility index (Phi) is 4.72. The van der Waals surface area contributed by atoms with E-state index in [2.05, 4.69) is 23.0 Å². The van der Waals surface area contributed by atoms with Crippen LogP contribution in [0.1, 0.15) is 37.7 Å². The fourth-order valence-corrected chi connectivity index (χ4v) is 3.16. The highest BCUT2D eigenvalue weighted by Crippen LogP contribution is 2.36. The SMILES string of the molecule is CN(Cc1cccnc1)CC1(CN)CCCCC1. The van der Waals surface area contributed by atoms with Crippen molar-refractivity contribution in [2.24, 2.45) is 11.1 Å². The Morgan fingerprint density at radius 2 is 2.11 bits per heavy atom. The van der Waals surface area contributed by atoms with E-state index in [1.54, 1.807) is 0 Å². The predicted octanol–water partition coefficient (Wildman–Crippen LogP) is 2.42. The number of aromatic nitrogens is 1. The van der Waals surface area contributed by atoms with E-state index >= 15 is 0 Å². The molecule has 0 atom stereocenters. The summed E-state index contributed by atoms with van der Waals surface area (Å²) in [7, 11) is 2.19. The zero-order valence-electron chi connectivity index (χ0n) is 11.4. The lowest BCUT2D eigenvalue weighted by atomic mass is 9.74. The fourth-order valence-electron chi connectivity index (χ4n) is 3.16. The van der Waals surface area contributed by atoms with Crippen molar-refractivity contribution in [1.29, 1.82) is 0 Å². The molecule has 3 nitrogen and oxygen atoms in total. The second-order valence-corrected chi connectivity index (χ2v) is 5.80. The van der Waals surface area contributed by atoms with Crippen LogP contribution in [0.5, 0.6) is 0 Å². The second-order valence-electron chi connectivity index (χ2n) is 5.80. The summed E-state index contributed by atoms with van der Waals surface area (Å²) >= 11 is 0. The van der Waals surface area contributed by atoms with Crippen LogP contribution in [0.3, 0.4) is 0 Å². The van der Waals surface area contributed by atoms with Crippen LogP contribution >= 0.6 is 0 Å². The second kappa shape index (κ2) is 6.30. The molecule has 1 aromatic heterocycles. The molecule has 0 aromatic carbocycles. The van der Waals surface area contributed by atoms with Crippen LogP contribution in [0.15, 0.2) is 24.5 Å². The first kappa shape index (κ1) is 13.5. The molecule has 1 aliphatic rings. The van der Waals surface area contributed by atoms with E-state index in [0.29, 0.717) is 5.41 Å². The minimum absolute atomic E-state index is 0.356. The lowest BCUT2D eigenvalue weighted by molar-refractivity contribution is 0.124. The van der Waals surface area contributed by atoms with E-state index in [-0.39, 0.29) is 0 Å². The Morgan fingerprint density at radius 1 is 1.33 bits per heavy atom. The van der Waals surface area contributed by atoms with Crippen molar-refractivity contribution in [2.45, 2.75) is 38.6 Å². The zero-order valence-corrected chi connectivity index (χ0v) is 11.4. The number of nitrogens with zero attached hydrogens (tertiary/aromatic N) is 2. The van der Waals surface area contributed by atoms with Gasteiger partial charge in [-0.3, -0.25) is 4.98 Å². The Labute approximate surface area is 110 Å². The van der Waals surface area contributed by atoms with Crippen molar-refractivity contribution in [1.82, 2.24) is 9.88 Å². The summed E-state index contributed by atoms with van der Waals surface area (Å²) in [4.78, 5) is 6.57. The van der Waals surface area contributed by atoms with Crippen LogP contribution in [0.4, 0.5) is 0 Å². The van der Waals surface area contributed by atoms with Gasteiger partial charge in [0.15, 0.2) is 0 Å². The molecule has 18 heavy (non-hydrogen) atoms. The normalized spacial score (nSPS) is 19.1.